The minimum absolute atomic E-state index is 0.143. The quantitative estimate of drug-likeness (QED) is 0.835. The maximum Gasteiger partial charge on any atom is 0.128 e. The molecule has 0 spiro atoms. The van der Waals surface area contributed by atoms with Crippen molar-refractivity contribution in [2.45, 2.75) is 19.9 Å². The molecule has 0 bridgehead atoms. The van der Waals surface area contributed by atoms with Crippen molar-refractivity contribution in [1.82, 2.24) is 0 Å². The first-order valence-electron chi connectivity index (χ1n) is 6.52. The van der Waals surface area contributed by atoms with E-state index < -0.39 is 0 Å². The average molecular weight is 256 g/mol. The summed E-state index contributed by atoms with van der Waals surface area (Å²) in [7, 11) is 0. The lowest BCUT2D eigenvalue weighted by atomic mass is 10.1. The molecule has 0 aromatic heterocycles. The Labute approximate surface area is 112 Å². The molecule has 0 fully saturated rings. The molecule has 3 rings (SSSR count). The Hall–Kier alpha value is -2.03. The van der Waals surface area contributed by atoms with Gasteiger partial charge >= 0.3 is 0 Å². The van der Waals surface area contributed by atoms with Crippen LogP contribution in [0.3, 0.4) is 0 Å². The molecule has 19 heavy (non-hydrogen) atoms. The summed E-state index contributed by atoms with van der Waals surface area (Å²) in [6, 6.07) is 11.1. The van der Waals surface area contributed by atoms with Crippen LogP contribution in [0.15, 0.2) is 36.4 Å². The number of anilines is 2. The zero-order chi connectivity index (χ0) is 13.4. The maximum atomic E-state index is 13.7. The van der Waals surface area contributed by atoms with Crippen molar-refractivity contribution in [3.63, 3.8) is 0 Å². The van der Waals surface area contributed by atoms with Crippen LogP contribution in [0.4, 0.5) is 15.8 Å². The van der Waals surface area contributed by atoms with Crippen molar-refractivity contribution in [2.24, 2.45) is 0 Å². The largest absolute Gasteiger partial charge is 0.398 e. The van der Waals surface area contributed by atoms with Crippen molar-refractivity contribution in [1.29, 1.82) is 0 Å². The number of nitrogens with two attached hydrogens (primary N) is 1. The SMILES string of the molecule is Cc1cc2c(cc1N)N(Cc1ccccc1F)CC2. The Balaban J connectivity index is 1.91. The van der Waals surface area contributed by atoms with Crippen LogP contribution in [-0.4, -0.2) is 6.54 Å². The number of rotatable bonds is 2. The second-order valence-electron chi connectivity index (χ2n) is 5.10. The van der Waals surface area contributed by atoms with E-state index in [1.54, 1.807) is 6.07 Å². The molecule has 3 heteroatoms. The number of hydrogen-bond donors (Lipinski definition) is 1. The lowest BCUT2D eigenvalue weighted by Crippen LogP contribution is -2.20. The van der Waals surface area contributed by atoms with E-state index in [-0.39, 0.29) is 5.82 Å². The Morgan fingerprint density at radius 3 is 2.84 bits per heavy atom. The van der Waals surface area contributed by atoms with Gasteiger partial charge in [-0.2, -0.15) is 0 Å². The van der Waals surface area contributed by atoms with Crippen molar-refractivity contribution in [3.8, 4) is 0 Å². The third-order valence-corrected chi connectivity index (χ3v) is 3.78. The van der Waals surface area contributed by atoms with E-state index in [1.165, 1.54) is 11.6 Å². The van der Waals surface area contributed by atoms with Crippen LogP contribution in [0, 0.1) is 12.7 Å². The number of benzene rings is 2. The number of nitrogens with zero attached hydrogens (tertiary/aromatic N) is 1. The van der Waals surface area contributed by atoms with E-state index in [0.29, 0.717) is 6.54 Å². The van der Waals surface area contributed by atoms with Crippen LogP contribution < -0.4 is 10.6 Å². The Bertz CT molecular complexity index is 622. The summed E-state index contributed by atoms with van der Waals surface area (Å²) >= 11 is 0. The van der Waals surface area contributed by atoms with Crippen LogP contribution in [0.25, 0.3) is 0 Å². The van der Waals surface area contributed by atoms with Gasteiger partial charge < -0.3 is 10.6 Å². The van der Waals surface area contributed by atoms with Crippen LogP contribution in [0.5, 0.6) is 0 Å². The van der Waals surface area contributed by atoms with Crippen molar-refractivity contribution in [3.05, 3.63) is 58.9 Å². The van der Waals surface area contributed by atoms with E-state index in [2.05, 4.69) is 11.0 Å². The molecule has 0 saturated heterocycles. The molecule has 2 aromatic rings. The van der Waals surface area contributed by atoms with Crippen LogP contribution in [0.2, 0.25) is 0 Å². The van der Waals surface area contributed by atoms with Gasteiger partial charge in [-0.3, -0.25) is 0 Å². The molecule has 2 nitrogen and oxygen atoms in total. The molecule has 1 aliphatic heterocycles. The Kier molecular flexibility index (Phi) is 2.90. The molecule has 0 atom stereocenters. The summed E-state index contributed by atoms with van der Waals surface area (Å²) in [5.74, 6) is -0.143. The lowest BCUT2D eigenvalue weighted by Gasteiger charge is -2.20. The fourth-order valence-corrected chi connectivity index (χ4v) is 2.64. The third kappa shape index (κ3) is 2.16. The van der Waals surface area contributed by atoms with Crippen molar-refractivity contribution in [2.75, 3.05) is 17.2 Å². The van der Waals surface area contributed by atoms with E-state index in [4.69, 9.17) is 5.73 Å². The molecule has 1 heterocycles. The van der Waals surface area contributed by atoms with Gasteiger partial charge in [0.1, 0.15) is 5.82 Å². The highest BCUT2D eigenvalue weighted by molar-refractivity contribution is 5.67. The summed E-state index contributed by atoms with van der Waals surface area (Å²) in [6.07, 6.45) is 1.00. The maximum absolute atomic E-state index is 13.7. The van der Waals surface area contributed by atoms with Gasteiger partial charge in [-0.05, 0) is 36.6 Å². The summed E-state index contributed by atoms with van der Waals surface area (Å²) in [5.41, 5.74) is 11.1. The lowest BCUT2D eigenvalue weighted by molar-refractivity contribution is 0.606. The normalized spacial score (nSPS) is 13.7. The second kappa shape index (κ2) is 4.57. The number of nitrogen functional groups attached to an aromatic ring is 1. The van der Waals surface area contributed by atoms with Gasteiger partial charge in [0.05, 0.1) is 0 Å². The van der Waals surface area contributed by atoms with E-state index in [9.17, 15) is 4.39 Å². The van der Waals surface area contributed by atoms with Crippen LogP contribution in [-0.2, 0) is 13.0 Å². The monoisotopic (exact) mass is 256 g/mol. The average Bonchev–Trinajstić information content (AvgIpc) is 2.76. The molecule has 0 saturated carbocycles. The molecule has 2 aromatic carbocycles. The number of hydrogen-bond acceptors (Lipinski definition) is 2. The van der Waals surface area contributed by atoms with Crippen LogP contribution >= 0.6 is 0 Å². The zero-order valence-corrected chi connectivity index (χ0v) is 11.0. The molecule has 1 aliphatic rings. The second-order valence-corrected chi connectivity index (χ2v) is 5.10. The minimum atomic E-state index is -0.143. The predicted molar refractivity (Wildman–Crippen MR) is 76.7 cm³/mol. The highest BCUT2D eigenvalue weighted by Crippen LogP contribution is 2.33. The first-order chi connectivity index (χ1) is 9.15. The first kappa shape index (κ1) is 12.0. The summed E-state index contributed by atoms with van der Waals surface area (Å²) in [6.45, 7) is 3.55. The minimum Gasteiger partial charge on any atom is -0.398 e. The molecule has 0 aliphatic carbocycles. The molecule has 0 unspecified atom stereocenters. The predicted octanol–water partition coefficient (Wildman–Crippen LogP) is 3.28. The molecule has 2 N–H and O–H groups in total. The summed E-state index contributed by atoms with van der Waals surface area (Å²) < 4.78 is 13.7. The van der Waals surface area contributed by atoms with Gasteiger partial charge in [0.15, 0.2) is 0 Å². The van der Waals surface area contributed by atoms with Gasteiger partial charge in [-0.25, -0.2) is 4.39 Å². The fourth-order valence-electron chi connectivity index (χ4n) is 2.64. The van der Waals surface area contributed by atoms with E-state index in [1.807, 2.05) is 25.1 Å². The molecular weight excluding hydrogens is 239 g/mol. The Morgan fingerprint density at radius 2 is 2.05 bits per heavy atom. The smallest absolute Gasteiger partial charge is 0.128 e. The number of fused-ring (bicyclic) bond motifs is 1. The van der Waals surface area contributed by atoms with Crippen LogP contribution in [0.1, 0.15) is 16.7 Å². The zero-order valence-electron chi connectivity index (χ0n) is 11.0. The molecular formula is C16H17FN2. The van der Waals surface area contributed by atoms with Gasteiger partial charge in [-0.15, -0.1) is 0 Å². The number of halogens is 1. The molecule has 0 radical (unpaired) electrons. The molecule has 98 valence electrons. The van der Waals surface area contributed by atoms with Gasteiger partial charge in [0, 0.05) is 30.0 Å². The van der Waals surface area contributed by atoms with E-state index in [0.717, 1.165) is 35.5 Å². The summed E-state index contributed by atoms with van der Waals surface area (Å²) in [5, 5.41) is 0. The summed E-state index contributed by atoms with van der Waals surface area (Å²) in [4.78, 5) is 2.20. The van der Waals surface area contributed by atoms with Gasteiger partial charge in [0.25, 0.3) is 0 Å². The molecule has 0 amide bonds. The highest BCUT2D eigenvalue weighted by atomic mass is 19.1. The van der Waals surface area contributed by atoms with Crippen molar-refractivity contribution < 1.29 is 4.39 Å². The third-order valence-electron chi connectivity index (χ3n) is 3.78. The fraction of sp³-hybridized carbons (Fsp3) is 0.250. The van der Waals surface area contributed by atoms with Gasteiger partial charge in [-0.1, -0.05) is 24.3 Å². The standard InChI is InChI=1S/C16H17FN2/c1-11-8-12-6-7-19(16(12)9-15(11)18)10-13-4-2-3-5-14(13)17/h2-5,8-9H,6-7,10,18H2,1H3. The first-order valence-corrected chi connectivity index (χ1v) is 6.52. The van der Waals surface area contributed by atoms with Crippen molar-refractivity contribution >= 4 is 11.4 Å². The Morgan fingerprint density at radius 1 is 1.26 bits per heavy atom. The van der Waals surface area contributed by atoms with E-state index >= 15 is 0 Å². The topological polar surface area (TPSA) is 29.3 Å². The highest BCUT2D eigenvalue weighted by Gasteiger charge is 2.20. The number of aryl methyl sites for hydroxylation is 1. The van der Waals surface area contributed by atoms with Gasteiger partial charge in [0.2, 0.25) is 0 Å².